The van der Waals surface area contributed by atoms with Gasteiger partial charge in [0.2, 0.25) is 0 Å². The minimum atomic E-state index is -0.936. The topological polar surface area (TPSA) is 75.7 Å². The first-order valence-corrected chi connectivity index (χ1v) is 9.53. The molecule has 4 nitrogen and oxygen atoms in total. The number of hydrogen-bond donors (Lipinski definition) is 2. The Hall–Kier alpha value is -1.46. The van der Waals surface area contributed by atoms with Crippen LogP contribution in [0.1, 0.15) is 49.3 Å². The maximum absolute atomic E-state index is 12.0. The Morgan fingerprint density at radius 2 is 2.00 bits per heavy atom. The monoisotopic (exact) mass is 364 g/mol. The number of aliphatic carboxylic acids is 1. The van der Waals surface area contributed by atoms with Crippen LogP contribution < -0.4 is 5.73 Å². The lowest BCUT2D eigenvalue weighted by Crippen LogP contribution is -2.22. The van der Waals surface area contributed by atoms with E-state index in [1.807, 2.05) is 18.2 Å². The van der Waals surface area contributed by atoms with E-state index >= 15 is 0 Å². The van der Waals surface area contributed by atoms with Crippen LogP contribution in [0.3, 0.4) is 0 Å². The molecule has 1 aliphatic heterocycles. The number of thioether (sulfide) groups is 1. The standard InChI is InChI=1S/C18H21ClN2O2S/c19-13-9-5-4-8-12(13)16-15(17(22)23)14(21-18(20)24-16)10-11-6-2-1-3-7-11/h4-5,8-9,11,16H,1-3,6-7,10H2,(H2,20,21)(H,22,23). The summed E-state index contributed by atoms with van der Waals surface area (Å²) in [6.07, 6.45) is 6.64. The molecule has 1 fully saturated rings. The van der Waals surface area contributed by atoms with Gasteiger partial charge in [0.05, 0.1) is 16.5 Å². The molecule has 0 amide bonds. The van der Waals surface area contributed by atoms with E-state index in [4.69, 9.17) is 17.3 Å². The fourth-order valence-electron chi connectivity index (χ4n) is 3.51. The van der Waals surface area contributed by atoms with Crippen LogP contribution in [0.25, 0.3) is 0 Å². The number of benzene rings is 1. The van der Waals surface area contributed by atoms with Gasteiger partial charge in [0.1, 0.15) is 0 Å². The normalized spacial score (nSPS) is 22.4. The summed E-state index contributed by atoms with van der Waals surface area (Å²) < 4.78 is 0. The molecule has 1 saturated carbocycles. The molecule has 1 aromatic carbocycles. The van der Waals surface area contributed by atoms with Crippen molar-refractivity contribution in [3.05, 3.63) is 46.1 Å². The number of rotatable bonds is 4. The van der Waals surface area contributed by atoms with Gasteiger partial charge in [-0.05, 0) is 24.0 Å². The van der Waals surface area contributed by atoms with Crippen LogP contribution in [0.4, 0.5) is 0 Å². The summed E-state index contributed by atoms with van der Waals surface area (Å²) >= 11 is 7.57. The number of nitrogens with two attached hydrogens (primary N) is 1. The molecule has 0 bridgehead atoms. The number of carboxylic acid groups (broad SMARTS) is 1. The Balaban J connectivity index is 1.98. The average molecular weight is 365 g/mol. The number of nitrogens with zero attached hydrogens (tertiary/aromatic N) is 1. The Kier molecular flexibility index (Phi) is 5.51. The zero-order valence-corrected chi connectivity index (χ0v) is 14.9. The van der Waals surface area contributed by atoms with Gasteiger partial charge in [-0.3, -0.25) is 0 Å². The van der Waals surface area contributed by atoms with E-state index in [-0.39, 0.29) is 0 Å². The quantitative estimate of drug-likeness (QED) is 0.808. The molecule has 24 heavy (non-hydrogen) atoms. The molecule has 1 aromatic rings. The van der Waals surface area contributed by atoms with Gasteiger partial charge in [0.15, 0.2) is 5.17 Å². The van der Waals surface area contributed by atoms with Crippen molar-refractivity contribution in [2.75, 3.05) is 0 Å². The summed E-state index contributed by atoms with van der Waals surface area (Å²) in [5, 5.41) is 10.4. The predicted molar refractivity (Wildman–Crippen MR) is 99.3 cm³/mol. The number of aliphatic imine (C=N–C) groups is 1. The number of allylic oxidation sites excluding steroid dienone is 1. The number of amidine groups is 1. The molecule has 1 atom stereocenters. The van der Waals surface area contributed by atoms with Crippen molar-refractivity contribution < 1.29 is 9.90 Å². The minimum absolute atomic E-state index is 0.327. The van der Waals surface area contributed by atoms with E-state index in [0.717, 1.165) is 18.4 Å². The molecule has 1 aliphatic carbocycles. The lowest BCUT2D eigenvalue weighted by Gasteiger charge is -2.27. The first-order chi connectivity index (χ1) is 11.6. The molecule has 1 unspecified atom stereocenters. The van der Waals surface area contributed by atoms with E-state index in [9.17, 15) is 9.90 Å². The largest absolute Gasteiger partial charge is 0.478 e. The van der Waals surface area contributed by atoms with Gasteiger partial charge in [-0.1, -0.05) is 73.7 Å². The van der Waals surface area contributed by atoms with Gasteiger partial charge < -0.3 is 10.8 Å². The second-order valence-corrected chi connectivity index (χ2v) is 7.88. The molecule has 2 aliphatic rings. The summed E-state index contributed by atoms with van der Waals surface area (Å²) in [5.74, 6) is -0.441. The minimum Gasteiger partial charge on any atom is -0.478 e. The molecule has 0 aromatic heterocycles. The second kappa shape index (κ2) is 7.62. The summed E-state index contributed by atoms with van der Waals surface area (Å²) in [7, 11) is 0. The molecular weight excluding hydrogens is 344 g/mol. The summed E-state index contributed by atoms with van der Waals surface area (Å²) in [5.41, 5.74) is 7.74. The van der Waals surface area contributed by atoms with E-state index in [1.54, 1.807) is 6.07 Å². The number of carbonyl (C=O) groups is 1. The average Bonchev–Trinajstić information content (AvgIpc) is 2.55. The first kappa shape index (κ1) is 17.4. The van der Waals surface area contributed by atoms with Crippen LogP contribution in [0.5, 0.6) is 0 Å². The molecule has 0 radical (unpaired) electrons. The molecule has 6 heteroatoms. The van der Waals surface area contributed by atoms with Crippen LogP contribution in [-0.2, 0) is 4.79 Å². The van der Waals surface area contributed by atoms with Crippen LogP contribution in [0, 0.1) is 5.92 Å². The molecule has 128 valence electrons. The molecule has 3 N–H and O–H groups in total. The van der Waals surface area contributed by atoms with Gasteiger partial charge in [-0.15, -0.1) is 0 Å². The van der Waals surface area contributed by atoms with Gasteiger partial charge in [0, 0.05) is 5.02 Å². The zero-order valence-electron chi connectivity index (χ0n) is 13.4. The molecule has 3 rings (SSSR count). The highest BCUT2D eigenvalue weighted by Gasteiger charge is 2.33. The Labute approximate surface area is 151 Å². The Bertz CT molecular complexity index is 696. The number of carboxylic acids is 1. The lowest BCUT2D eigenvalue weighted by molar-refractivity contribution is -0.132. The molecule has 0 saturated heterocycles. The van der Waals surface area contributed by atoms with Crippen molar-refractivity contribution in [1.82, 2.24) is 0 Å². The van der Waals surface area contributed by atoms with Crippen molar-refractivity contribution in [3.63, 3.8) is 0 Å². The summed E-state index contributed by atoms with van der Waals surface area (Å²) in [6.45, 7) is 0. The Morgan fingerprint density at radius 3 is 2.67 bits per heavy atom. The lowest BCUT2D eigenvalue weighted by atomic mass is 9.85. The predicted octanol–water partition coefficient (Wildman–Crippen LogP) is 4.75. The van der Waals surface area contributed by atoms with Gasteiger partial charge in [-0.2, -0.15) is 0 Å². The highest BCUT2D eigenvalue weighted by Crippen LogP contribution is 2.45. The van der Waals surface area contributed by atoms with Gasteiger partial charge in [-0.25, -0.2) is 9.79 Å². The number of hydrogen-bond acceptors (Lipinski definition) is 4. The zero-order chi connectivity index (χ0) is 17.1. The van der Waals surface area contributed by atoms with Gasteiger partial charge in [0.25, 0.3) is 0 Å². The smallest absolute Gasteiger partial charge is 0.334 e. The van der Waals surface area contributed by atoms with Crippen molar-refractivity contribution in [2.24, 2.45) is 16.6 Å². The molecule has 1 heterocycles. The second-order valence-electron chi connectivity index (χ2n) is 6.34. The van der Waals surface area contributed by atoms with Crippen molar-refractivity contribution in [3.8, 4) is 0 Å². The van der Waals surface area contributed by atoms with Crippen molar-refractivity contribution in [2.45, 2.75) is 43.8 Å². The van der Waals surface area contributed by atoms with Gasteiger partial charge >= 0.3 is 5.97 Å². The SMILES string of the molecule is NC1=NC(CC2CCCCC2)=C(C(=O)O)C(c2ccccc2Cl)S1. The van der Waals surface area contributed by atoms with E-state index in [1.165, 1.54) is 31.0 Å². The highest BCUT2D eigenvalue weighted by atomic mass is 35.5. The first-order valence-electron chi connectivity index (χ1n) is 8.28. The maximum Gasteiger partial charge on any atom is 0.334 e. The van der Waals surface area contributed by atoms with Crippen LogP contribution >= 0.6 is 23.4 Å². The molecular formula is C18H21ClN2O2S. The third kappa shape index (κ3) is 3.78. The fourth-order valence-corrected chi connectivity index (χ4v) is 4.91. The summed E-state index contributed by atoms with van der Waals surface area (Å²) in [4.78, 5) is 16.4. The van der Waals surface area contributed by atoms with E-state index in [0.29, 0.717) is 33.8 Å². The molecule has 0 spiro atoms. The van der Waals surface area contributed by atoms with E-state index in [2.05, 4.69) is 4.99 Å². The fraction of sp³-hybridized carbons (Fsp3) is 0.444. The third-order valence-corrected chi connectivity index (χ3v) is 6.08. The van der Waals surface area contributed by atoms with Crippen LogP contribution in [0.15, 0.2) is 40.5 Å². The van der Waals surface area contributed by atoms with Crippen LogP contribution in [-0.4, -0.2) is 16.2 Å². The Morgan fingerprint density at radius 1 is 1.29 bits per heavy atom. The van der Waals surface area contributed by atoms with Crippen LogP contribution in [0.2, 0.25) is 5.02 Å². The van der Waals surface area contributed by atoms with E-state index < -0.39 is 11.2 Å². The van der Waals surface area contributed by atoms with Crippen molar-refractivity contribution >= 4 is 34.5 Å². The number of halogens is 1. The third-order valence-electron chi connectivity index (χ3n) is 4.68. The maximum atomic E-state index is 12.0. The summed E-state index contributed by atoms with van der Waals surface area (Å²) in [6, 6.07) is 7.34. The highest BCUT2D eigenvalue weighted by molar-refractivity contribution is 8.14. The van der Waals surface area contributed by atoms with Crippen molar-refractivity contribution in [1.29, 1.82) is 0 Å².